The van der Waals surface area contributed by atoms with E-state index in [1.807, 2.05) is 41.8 Å². The summed E-state index contributed by atoms with van der Waals surface area (Å²) in [6.07, 6.45) is 1.75. The van der Waals surface area contributed by atoms with Crippen molar-refractivity contribution in [3.63, 3.8) is 0 Å². The molecule has 10 heteroatoms. The number of quaternary nitrogens is 1. The maximum atomic E-state index is 12.3. The van der Waals surface area contributed by atoms with E-state index in [4.69, 9.17) is 4.74 Å². The van der Waals surface area contributed by atoms with Crippen LogP contribution in [0.5, 0.6) is 0 Å². The van der Waals surface area contributed by atoms with Gasteiger partial charge in [-0.15, -0.1) is 21.5 Å². The molecule has 8 nitrogen and oxygen atoms in total. The fourth-order valence-corrected chi connectivity index (χ4v) is 4.55. The summed E-state index contributed by atoms with van der Waals surface area (Å²) in [6, 6.07) is 10.0. The Labute approximate surface area is 177 Å². The molecule has 1 aliphatic rings. The second-order valence-electron chi connectivity index (χ2n) is 6.72. The van der Waals surface area contributed by atoms with Crippen LogP contribution >= 0.6 is 23.1 Å². The molecule has 29 heavy (non-hydrogen) atoms. The van der Waals surface area contributed by atoms with Crippen molar-refractivity contribution in [2.24, 2.45) is 0 Å². The zero-order valence-electron chi connectivity index (χ0n) is 16.1. The van der Waals surface area contributed by atoms with Crippen molar-refractivity contribution in [1.29, 1.82) is 0 Å². The Hall–Kier alpha value is -2.27. The molecule has 2 N–H and O–H groups in total. The first kappa shape index (κ1) is 20.0. The summed E-state index contributed by atoms with van der Waals surface area (Å²) in [7, 11) is 0. The lowest BCUT2D eigenvalue weighted by Crippen LogP contribution is -3.12. The lowest BCUT2D eigenvalue weighted by molar-refractivity contribution is -0.922. The Balaban J connectivity index is 1.49. The van der Waals surface area contributed by atoms with E-state index in [0.29, 0.717) is 10.3 Å². The number of morpholine rings is 1. The molecule has 1 saturated heterocycles. The van der Waals surface area contributed by atoms with E-state index < -0.39 is 0 Å². The Morgan fingerprint density at radius 3 is 2.79 bits per heavy atom. The average Bonchev–Trinajstić information content (AvgIpc) is 3.33. The van der Waals surface area contributed by atoms with Crippen LogP contribution in [-0.2, 0) is 16.1 Å². The minimum Gasteiger partial charge on any atom is -0.370 e. The van der Waals surface area contributed by atoms with Crippen LogP contribution in [0.25, 0.3) is 5.69 Å². The van der Waals surface area contributed by atoms with Gasteiger partial charge in [-0.1, -0.05) is 30.0 Å². The van der Waals surface area contributed by atoms with E-state index in [-0.39, 0.29) is 11.7 Å². The summed E-state index contributed by atoms with van der Waals surface area (Å²) in [5.41, 5.74) is 0.999. The molecule has 3 aromatic rings. The number of thioether (sulfide) groups is 1. The molecular weight excluding hydrogens is 408 g/mol. The summed E-state index contributed by atoms with van der Waals surface area (Å²) >= 11 is 2.84. The van der Waals surface area contributed by atoms with Gasteiger partial charge in [0.05, 0.1) is 19.0 Å². The summed E-state index contributed by atoms with van der Waals surface area (Å²) < 4.78 is 7.51. The van der Waals surface area contributed by atoms with Gasteiger partial charge in [0.25, 0.3) is 0 Å². The molecule has 0 unspecified atom stereocenters. The van der Waals surface area contributed by atoms with Crippen LogP contribution in [0.3, 0.4) is 0 Å². The third-order valence-corrected chi connectivity index (χ3v) is 6.28. The number of para-hydroxylation sites is 1. The first-order valence-electron chi connectivity index (χ1n) is 9.45. The number of nitrogens with zero attached hydrogens (tertiary/aromatic N) is 4. The first-order valence-corrected chi connectivity index (χ1v) is 11.3. The molecule has 0 saturated carbocycles. The molecule has 0 radical (unpaired) electrons. The van der Waals surface area contributed by atoms with Crippen molar-refractivity contribution >= 4 is 34.1 Å². The molecule has 0 spiro atoms. The number of hydrogen-bond acceptors (Lipinski definition) is 7. The van der Waals surface area contributed by atoms with Crippen LogP contribution in [0, 0.1) is 6.92 Å². The van der Waals surface area contributed by atoms with Crippen molar-refractivity contribution in [3.8, 4) is 5.69 Å². The monoisotopic (exact) mass is 431 g/mol. The van der Waals surface area contributed by atoms with Gasteiger partial charge in [-0.3, -0.25) is 9.36 Å². The number of nitrogens with one attached hydrogen (secondary N) is 2. The standard InChI is InChI=1S/C19H22N6O2S2/c1-14-11-20-18(29-14)21-17(26)13-28-19-23-22-16(12-24-7-9-27-10-8-24)25(19)15-5-3-2-4-6-15/h2-6,11H,7-10,12-13H2,1H3,(H,20,21,26)/p+1. The summed E-state index contributed by atoms with van der Waals surface area (Å²) in [5.74, 6) is 1.03. The average molecular weight is 432 g/mol. The number of aromatic nitrogens is 4. The van der Waals surface area contributed by atoms with Crippen molar-refractivity contribution in [3.05, 3.63) is 47.2 Å². The molecule has 1 amide bonds. The van der Waals surface area contributed by atoms with Gasteiger partial charge >= 0.3 is 0 Å². The number of thiazole rings is 1. The maximum Gasteiger partial charge on any atom is 0.236 e. The van der Waals surface area contributed by atoms with E-state index in [1.165, 1.54) is 28.0 Å². The molecule has 0 bridgehead atoms. The Bertz CT molecular complexity index is 953. The van der Waals surface area contributed by atoms with Gasteiger partial charge in [0.15, 0.2) is 16.1 Å². The number of carbonyl (C=O) groups is 1. The van der Waals surface area contributed by atoms with Gasteiger partial charge in [0.1, 0.15) is 19.6 Å². The molecule has 1 aliphatic heterocycles. The van der Waals surface area contributed by atoms with E-state index in [1.54, 1.807) is 6.20 Å². The minimum absolute atomic E-state index is 0.104. The number of ether oxygens (including phenoxy) is 1. The maximum absolute atomic E-state index is 12.3. The Morgan fingerprint density at radius 2 is 2.07 bits per heavy atom. The molecule has 152 valence electrons. The summed E-state index contributed by atoms with van der Waals surface area (Å²) in [4.78, 5) is 19.0. The molecular formula is C19H23N6O2S2+. The second kappa shape index (κ2) is 9.49. The van der Waals surface area contributed by atoms with Crippen molar-refractivity contribution in [1.82, 2.24) is 19.7 Å². The Kier molecular flexibility index (Phi) is 6.55. The first-order chi connectivity index (χ1) is 14.2. The van der Waals surface area contributed by atoms with Gasteiger partial charge < -0.3 is 15.0 Å². The van der Waals surface area contributed by atoms with Crippen LogP contribution in [-0.4, -0.2) is 57.7 Å². The molecule has 0 aliphatic carbocycles. The SMILES string of the molecule is Cc1cnc(NC(=O)CSc2nnc(C[NH+]3CCOCC3)n2-c2ccccc2)s1. The van der Waals surface area contributed by atoms with E-state index >= 15 is 0 Å². The number of amides is 1. The van der Waals surface area contributed by atoms with Crippen LogP contribution < -0.4 is 10.2 Å². The summed E-state index contributed by atoms with van der Waals surface area (Å²) in [5, 5.41) is 13.0. The molecule has 0 atom stereocenters. The highest BCUT2D eigenvalue weighted by Crippen LogP contribution is 2.23. The van der Waals surface area contributed by atoms with Crippen molar-refractivity contribution in [2.75, 3.05) is 37.4 Å². The molecule has 1 aromatic carbocycles. The number of carbonyl (C=O) groups excluding carboxylic acids is 1. The van der Waals surface area contributed by atoms with Crippen LogP contribution in [0.2, 0.25) is 0 Å². The Morgan fingerprint density at radius 1 is 1.28 bits per heavy atom. The number of aryl methyl sites for hydroxylation is 1. The largest absolute Gasteiger partial charge is 0.370 e. The normalized spacial score (nSPS) is 14.8. The van der Waals surface area contributed by atoms with Crippen LogP contribution in [0.15, 0.2) is 41.7 Å². The van der Waals surface area contributed by atoms with Gasteiger partial charge in [0.2, 0.25) is 5.91 Å². The predicted molar refractivity (Wildman–Crippen MR) is 113 cm³/mol. The quantitative estimate of drug-likeness (QED) is 0.547. The number of hydrogen-bond donors (Lipinski definition) is 2. The van der Waals surface area contributed by atoms with Gasteiger partial charge in [-0.25, -0.2) is 4.98 Å². The van der Waals surface area contributed by atoms with Gasteiger partial charge in [-0.2, -0.15) is 0 Å². The molecule has 1 fully saturated rings. The predicted octanol–water partition coefficient (Wildman–Crippen LogP) is 1.18. The molecule has 4 rings (SSSR count). The zero-order chi connectivity index (χ0) is 20.1. The number of anilines is 1. The smallest absolute Gasteiger partial charge is 0.236 e. The van der Waals surface area contributed by atoms with Crippen molar-refractivity contribution in [2.45, 2.75) is 18.6 Å². The van der Waals surface area contributed by atoms with Gasteiger partial charge in [0, 0.05) is 16.8 Å². The minimum atomic E-state index is -0.104. The second-order valence-corrected chi connectivity index (χ2v) is 8.90. The van der Waals surface area contributed by atoms with Gasteiger partial charge in [-0.05, 0) is 19.1 Å². The fraction of sp³-hybridized carbons (Fsp3) is 0.368. The highest BCUT2D eigenvalue weighted by atomic mass is 32.2. The van der Waals surface area contributed by atoms with Crippen molar-refractivity contribution < 1.29 is 14.4 Å². The summed E-state index contributed by atoms with van der Waals surface area (Å²) in [6.45, 7) is 6.19. The number of rotatable bonds is 7. The van der Waals surface area contributed by atoms with Crippen LogP contribution in [0.4, 0.5) is 5.13 Å². The topological polar surface area (TPSA) is 86.4 Å². The lowest BCUT2D eigenvalue weighted by atomic mass is 10.3. The van der Waals surface area contributed by atoms with Crippen LogP contribution in [0.1, 0.15) is 10.7 Å². The highest BCUT2D eigenvalue weighted by Gasteiger charge is 2.22. The van der Waals surface area contributed by atoms with E-state index in [2.05, 4.69) is 20.5 Å². The fourth-order valence-electron chi connectivity index (χ4n) is 3.10. The zero-order valence-corrected chi connectivity index (χ0v) is 17.8. The van der Waals surface area contributed by atoms with E-state index in [9.17, 15) is 4.79 Å². The third-order valence-electron chi connectivity index (χ3n) is 4.52. The third kappa shape index (κ3) is 5.21. The lowest BCUT2D eigenvalue weighted by Gasteiger charge is -2.23. The number of benzene rings is 1. The highest BCUT2D eigenvalue weighted by molar-refractivity contribution is 7.99. The van der Waals surface area contributed by atoms with E-state index in [0.717, 1.165) is 49.2 Å². The molecule has 2 aromatic heterocycles. The molecule has 3 heterocycles.